The minimum Gasteiger partial charge on any atom is -0.423 e. The summed E-state index contributed by atoms with van der Waals surface area (Å²) in [6, 6.07) is 8.27. The molecule has 0 aliphatic heterocycles. The van der Waals surface area contributed by atoms with Crippen molar-refractivity contribution < 1.29 is 4.42 Å². The van der Waals surface area contributed by atoms with Crippen molar-refractivity contribution in [3.63, 3.8) is 0 Å². The van der Waals surface area contributed by atoms with Gasteiger partial charge in [0, 0.05) is 22.5 Å². The Kier molecular flexibility index (Phi) is 1.62. The quantitative estimate of drug-likeness (QED) is 0.583. The largest absolute Gasteiger partial charge is 0.423 e. The predicted octanol–water partition coefficient (Wildman–Crippen LogP) is 2.45. The molecule has 0 unspecified atom stereocenters. The highest BCUT2D eigenvalue weighted by Gasteiger charge is 1.96. The van der Waals surface area contributed by atoms with E-state index in [0.29, 0.717) is 10.6 Å². The van der Waals surface area contributed by atoms with Crippen LogP contribution in [0.15, 0.2) is 39.5 Å². The lowest BCUT2D eigenvalue weighted by Gasteiger charge is -1.94. The van der Waals surface area contributed by atoms with Crippen molar-refractivity contribution in [2.45, 2.75) is 0 Å². The zero-order valence-electron chi connectivity index (χ0n) is 6.08. The molecule has 0 aliphatic carbocycles. The molecule has 12 heavy (non-hydrogen) atoms. The molecule has 2 rings (SSSR count). The first-order chi connectivity index (χ1) is 5.75. The molecule has 0 spiro atoms. The summed E-state index contributed by atoms with van der Waals surface area (Å²) in [5, 5.41) is 1.44. The Morgan fingerprint density at radius 2 is 1.92 bits per heavy atom. The van der Waals surface area contributed by atoms with Gasteiger partial charge in [-0.2, -0.15) is 0 Å². The van der Waals surface area contributed by atoms with Gasteiger partial charge in [-0.25, -0.2) is 4.79 Å². The predicted molar refractivity (Wildman–Crippen MR) is 47.5 cm³/mol. The molecule has 0 bridgehead atoms. The third-order valence-corrected chi connectivity index (χ3v) is 1.82. The highest BCUT2D eigenvalue weighted by atomic mass is 35.5. The van der Waals surface area contributed by atoms with Gasteiger partial charge in [-0.1, -0.05) is 11.6 Å². The SMILES string of the molecule is O=c1ccc2ccc(Cl)cc2o1. The highest BCUT2D eigenvalue weighted by Crippen LogP contribution is 2.16. The molecule has 0 atom stereocenters. The standard InChI is InChI=1S/C9H5ClO2/c10-7-3-1-6-2-4-9(11)12-8(6)5-7/h1-5H. The number of rotatable bonds is 0. The maximum absolute atomic E-state index is 10.8. The first-order valence-corrected chi connectivity index (χ1v) is 3.83. The summed E-state index contributed by atoms with van der Waals surface area (Å²) in [7, 11) is 0. The van der Waals surface area contributed by atoms with E-state index in [0.717, 1.165) is 5.39 Å². The van der Waals surface area contributed by atoms with Crippen LogP contribution in [0.25, 0.3) is 11.0 Å². The number of hydrogen-bond donors (Lipinski definition) is 0. The zero-order chi connectivity index (χ0) is 8.55. The summed E-state index contributed by atoms with van der Waals surface area (Å²) >= 11 is 5.71. The second-order valence-corrected chi connectivity index (χ2v) is 2.87. The molecule has 1 aromatic heterocycles. The number of hydrogen-bond acceptors (Lipinski definition) is 2. The van der Waals surface area contributed by atoms with Gasteiger partial charge in [-0.05, 0) is 18.2 Å². The Balaban J connectivity index is 2.89. The van der Waals surface area contributed by atoms with Crippen LogP contribution >= 0.6 is 11.6 Å². The van der Waals surface area contributed by atoms with E-state index in [1.807, 2.05) is 0 Å². The molecule has 1 heterocycles. The molecule has 3 heteroatoms. The molecule has 0 saturated heterocycles. The molecular formula is C9H5ClO2. The minimum atomic E-state index is -0.357. The van der Waals surface area contributed by atoms with Crippen molar-refractivity contribution in [3.8, 4) is 0 Å². The van der Waals surface area contributed by atoms with Gasteiger partial charge >= 0.3 is 5.63 Å². The van der Waals surface area contributed by atoms with Crippen LogP contribution in [-0.4, -0.2) is 0 Å². The van der Waals surface area contributed by atoms with E-state index in [1.54, 1.807) is 24.3 Å². The van der Waals surface area contributed by atoms with E-state index in [4.69, 9.17) is 16.0 Å². The van der Waals surface area contributed by atoms with Gasteiger partial charge in [-0.15, -0.1) is 0 Å². The van der Waals surface area contributed by atoms with Gasteiger partial charge in [0.1, 0.15) is 5.58 Å². The summed E-state index contributed by atoms with van der Waals surface area (Å²) in [5.74, 6) is 0. The fourth-order valence-corrected chi connectivity index (χ4v) is 1.20. The molecule has 0 saturated carbocycles. The Morgan fingerprint density at radius 3 is 2.75 bits per heavy atom. The van der Waals surface area contributed by atoms with Crippen molar-refractivity contribution in [2.75, 3.05) is 0 Å². The summed E-state index contributed by atoms with van der Waals surface area (Å²) in [4.78, 5) is 10.8. The van der Waals surface area contributed by atoms with E-state index in [2.05, 4.69) is 0 Å². The van der Waals surface area contributed by atoms with Crippen molar-refractivity contribution in [3.05, 3.63) is 45.8 Å². The normalized spacial score (nSPS) is 10.4. The van der Waals surface area contributed by atoms with Gasteiger partial charge in [0.25, 0.3) is 0 Å². The Hall–Kier alpha value is -1.28. The maximum Gasteiger partial charge on any atom is 0.336 e. The van der Waals surface area contributed by atoms with Gasteiger partial charge in [0.05, 0.1) is 0 Å². The summed E-state index contributed by atoms with van der Waals surface area (Å²) in [6.45, 7) is 0. The third-order valence-electron chi connectivity index (χ3n) is 1.59. The van der Waals surface area contributed by atoms with Crippen LogP contribution in [0.1, 0.15) is 0 Å². The van der Waals surface area contributed by atoms with Crippen LogP contribution in [0.2, 0.25) is 5.02 Å². The van der Waals surface area contributed by atoms with Crippen LogP contribution < -0.4 is 5.63 Å². The molecule has 0 fully saturated rings. The van der Waals surface area contributed by atoms with E-state index in [1.165, 1.54) is 6.07 Å². The average Bonchev–Trinajstić information content (AvgIpc) is 2.03. The van der Waals surface area contributed by atoms with E-state index >= 15 is 0 Å². The lowest BCUT2D eigenvalue weighted by molar-refractivity contribution is 0.561. The Morgan fingerprint density at radius 1 is 1.17 bits per heavy atom. The smallest absolute Gasteiger partial charge is 0.336 e. The molecular weight excluding hydrogens is 176 g/mol. The topological polar surface area (TPSA) is 30.2 Å². The van der Waals surface area contributed by atoms with Crippen LogP contribution in [0.3, 0.4) is 0 Å². The third kappa shape index (κ3) is 1.21. The molecule has 60 valence electrons. The molecule has 2 aromatic rings. The Bertz CT molecular complexity index is 473. The molecule has 1 aromatic carbocycles. The molecule has 0 amide bonds. The lowest BCUT2D eigenvalue weighted by Crippen LogP contribution is -1.93. The van der Waals surface area contributed by atoms with E-state index in [-0.39, 0.29) is 5.63 Å². The zero-order valence-corrected chi connectivity index (χ0v) is 6.84. The van der Waals surface area contributed by atoms with Gasteiger partial charge < -0.3 is 4.42 Å². The van der Waals surface area contributed by atoms with Gasteiger partial charge in [-0.3, -0.25) is 0 Å². The number of halogens is 1. The molecule has 0 aliphatic rings. The van der Waals surface area contributed by atoms with Crippen LogP contribution in [0.4, 0.5) is 0 Å². The fourth-order valence-electron chi connectivity index (χ4n) is 1.03. The number of benzene rings is 1. The monoisotopic (exact) mass is 180 g/mol. The van der Waals surface area contributed by atoms with Crippen molar-refractivity contribution in [2.24, 2.45) is 0 Å². The first-order valence-electron chi connectivity index (χ1n) is 3.45. The number of fused-ring (bicyclic) bond motifs is 1. The Labute approximate surface area is 73.4 Å². The van der Waals surface area contributed by atoms with Crippen LogP contribution in [0.5, 0.6) is 0 Å². The van der Waals surface area contributed by atoms with Crippen LogP contribution in [-0.2, 0) is 0 Å². The summed E-state index contributed by atoms with van der Waals surface area (Å²) in [6.07, 6.45) is 0. The minimum absolute atomic E-state index is 0.357. The van der Waals surface area contributed by atoms with Crippen molar-refractivity contribution >= 4 is 22.6 Å². The highest BCUT2D eigenvalue weighted by molar-refractivity contribution is 6.31. The van der Waals surface area contributed by atoms with Crippen molar-refractivity contribution in [1.29, 1.82) is 0 Å². The molecule has 2 nitrogen and oxygen atoms in total. The molecule has 0 radical (unpaired) electrons. The first kappa shape index (κ1) is 7.37. The average molecular weight is 181 g/mol. The van der Waals surface area contributed by atoms with Gasteiger partial charge in [0.15, 0.2) is 0 Å². The van der Waals surface area contributed by atoms with Crippen molar-refractivity contribution in [1.82, 2.24) is 0 Å². The van der Waals surface area contributed by atoms with E-state index < -0.39 is 0 Å². The summed E-state index contributed by atoms with van der Waals surface area (Å²) in [5.41, 5.74) is 0.166. The summed E-state index contributed by atoms with van der Waals surface area (Å²) < 4.78 is 4.90. The lowest BCUT2D eigenvalue weighted by atomic mass is 10.2. The fraction of sp³-hybridized carbons (Fsp3) is 0. The van der Waals surface area contributed by atoms with Gasteiger partial charge in [0.2, 0.25) is 0 Å². The second kappa shape index (κ2) is 2.64. The van der Waals surface area contributed by atoms with E-state index in [9.17, 15) is 4.79 Å². The van der Waals surface area contributed by atoms with Crippen LogP contribution in [0, 0.1) is 0 Å². The molecule has 0 N–H and O–H groups in total. The maximum atomic E-state index is 10.8. The second-order valence-electron chi connectivity index (χ2n) is 2.44.